The van der Waals surface area contributed by atoms with Gasteiger partial charge in [-0.05, 0) is 44.7 Å². The number of hydrogen-bond acceptors (Lipinski definition) is 5. The van der Waals surface area contributed by atoms with Gasteiger partial charge in [0.05, 0.1) is 11.6 Å². The van der Waals surface area contributed by atoms with Crippen LogP contribution < -0.4 is 10.6 Å². The summed E-state index contributed by atoms with van der Waals surface area (Å²) in [7, 11) is 1.63. The number of rotatable bonds is 16. The van der Waals surface area contributed by atoms with Crippen LogP contribution in [-0.2, 0) is 4.79 Å². The summed E-state index contributed by atoms with van der Waals surface area (Å²) in [5.41, 5.74) is 1.37. The van der Waals surface area contributed by atoms with Crippen molar-refractivity contribution in [2.45, 2.75) is 96.1 Å². The molecule has 6 heteroatoms. The second-order valence-electron chi connectivity index (χ2n) is 9.28. The van der Waals surface area contributed by atoms with E-state index in [1.54, 1.807) is 19.2 Å². The lowest BCUT2D eigenvalue weighted by molar-refractivity contribution is -0.111. The molecule has 1 amide bonds. The minimum Gasteiger partial charge on any atom is -0.384 e. The monoisotopic (exact) mass is 457 g/mol. The van der Waals surface area contributed by atoms with E-state index in [4.69, 9.17) is 0 Å². The number of anilines is 1. The van der Waals surface area contributed by atoms with Gasteiger partial charge in [0.25, 0.3) is 5.91 Å². The molecule has 1 aliphatic rings. The molecule has 0 heterocycles. The molecule has 2 rings (SSSR count). The molecule has 1 atom stereocenters. The van der Waals surface area contributed by atoms with Gasteiger partial charge in [-0.3, -0.25) is 9.59 Å². The first-order valence-corrected chi connectivity index (χ1v) is 12.9. The quantitative estimate of drug-likeness (QED) is 0.263. The Morgan fingerprint density at radius 1 is 1.06 bits per heavy atom. The summed E-state index contributed by atoms with van der Waals surface area (Å²) in [6.07, 6.45) is 15.6. The molecule has 184 valence electrons. The molecule has 0 radical (unpaired) electrons. The van der Waals surface area contributed by atoms with Crippen LogP contribution in [0.4, 0.5) is 5.69 Å². The number of carbonyl (C=O) groups excluding carboxylic acids is 3. The summed E-state index contributed by atoms with van der Waals surface area (Å²) in [6, 6.07) is 5.52. The molecule has 2 N–H and O–H groups in total. The van der Waals surface area contributed by atoms with Crippen LogP contribution in [0.3, 0.4) is 0 Å². The molecular formula is C27H43N3O3. The maximum atomic E-state index is 13.1. The van der Waals surface area contributed by atoms with Crippen LogP contribution in [0.25, 0.3) is 0 Å². The average Bonchev–Trinajstić information content (AvgIpc) is 2.85. The highest BCUT2D eigenvalue weighted by atomic mass is 16.2. The first kappa shape index (κ1) is 27.0. The number of unbranched alkanes of at least 4 members (excludes halogenated alkanes) is 4. The Hall–Kier alpha value is -2.21. The molecule has 6 nitrogen and oxygen atoms in total. The van der Waals surface area contributed by atoms with E-state index in [1.165, 1.54) is 56.3 Å². The second-order valence-corrected chi connectivity index (χ2v) is 9.28. The number of benzene rings is 1. The number of hydrogen-bond donors (Lipinski definition) is 2. The molecule has 1 fully saturated rings. The van der Waals surface area contributed by atoms with Crippen molar-refractivity contribution in [3.63, 3.8) is 0 Å². The summed E-state index contributed by atoms with van der Waals surface area (Å²) in [5.74, 6) is -0.295. The van der Waals surface area contributed by atoms with Crippen molar-refractivity contribution in [1.82, 2.24) is 10.2 Å². The Balaban J connectivity index is 1.76. The lowest BCUT2D eigenvalue weighted by Crippen LogP contribution is -2.38. The van der Waals surface area contributed by atoms with Gasteiger partial charge in [0.15, 0.2) is 6.29 Å². The van der Waals surface area contributed by atoms with Crippen LogP contribution >= 0.6 is 0 Å². The molecular weight excluding hydrogens is 414 g/mol. The smallest absolute Gasteiger partial charge is 0.257 e. The Labute approximate surface area is 199 Å². The molecule has 1 aliphatic carbocycles. The van der Waals surface area contributed by atoms with Gasteiger partial charge in [0, 0.05) is 30.9 Å². The van der Waals surface area contributed by atoms with Crippen LogP contribution in [-0.4, -0.2) is 55.6 Å². The topological polar surface area (TPSA) is 78.5 Å². The van der Waals surface area contributed by atoms with Gasteiger partial charge in [0.1, 0.15) is 6.29 Å². The van der Waals surface area contributed by atoms with Gasteiger partial charge in [-0.2, -0.15) is 0 Å². The lowest BCUT2D eigenvalue weighted by atomic mass is 9.95. The second kappa shape index (κ2) is 15.6. The third-order valence-corrected chi connectivity index (χ3v) is 6.70. The molecule has 0 aliphatic heterocycles. The maximum Gasteiger partial charge on any atom is 0.257 e. The SMILES string of the molecule is CCCC(C=O)N(C)C(=O)c1c(C=O)cccc1NCCCCCCCNC1CCCCC1. The van der Waals surface area contributed by atoms with E-state index in [0.717, 1.165) is 44.7 Å². The fourth-order valence-electron chi connectivity index (χ4n) is 4.65. The minimum atomic E-state index is -0.484. The third kappa shape index (κ3) is 8.92. The van der Waals surface area contributed by atoms with Crippen LogP contribution in [0.1, 0.15) is 105 Å². The van der Waals surface area contributed by atoms with E-state index >= 15 is 0 Å². The largest absolute Gasteiger partial charge is 0.384 e. The van der Waals surface area contributed by atoms with Crippen molar-refractivity contribution in [2.75, 3.05) is 25.5 Å². The van der Waals surface area contributed by atoms with Gasteiger partial charge in [-0.25, -0.2) is 0 Å². The summed E-state index contributed by atoms with van der Waals surface area (Å²) < 4.78 is 0. The van der Waals surface area contributed by atoms with Crippen molar-refractivity contribution in [2.24, 2.45) is 0 Å². The van der Waals surface area contributed by atoms with Gasteiger partial charge < -0.3 is 20.3 Å². The Morgan fingerprint density at radius 3 is 2.42 bits per heavy atom. The van der Waals surface area contributed by atoms with E-state index < -0.39 is 6.04 Å². The summed E-state index contributed by atoms with van der Waals surface area (Å²) >= 11 is 0. The van der Waals surface area contributed by atoms with E-state index in [9.17, 15) is 14.4 Å². The highest BCUT2D eigenvalue weighted by molar-refractivity contribution is 6.06. The molecule has 1 aromatic carbocycles. The molecule has 0 aromatic heterocycles. The number of likely N-dealkylation sites (N-methyl/N-ethyl adjacent to an activating group) is 1. The first-order chi connectivity index (χ1) is 16.1. The van der Waals surface area contributed by atoms with E-state index in [2.05, 4.69) is 10.6 Å². The standard InChI is InChI=1S/C27H43N3O3/c1-3-13-24(21-32)30(2)27(33)26-22(20-31)14-12-17-25(26)29-19-11-6-4-5-10-18-28-23-15-8-7-9-16-23/h12,14,17,20-21,23-24,28-29H,3-11,13,15-16,18-19H2,1-2H3. The lowest BCUT2D eigenvalue weighted by Gasteiger charge is -2.25. The zero-order valence-corrected chi connectivity index (χ0v) is 20.6. The zero-order valence-electron chi connectivity index (χ0n) is 20.6. The number of nitrogens with one attached hydrogen (secondary N) is 2. The normalized spacial score (nSPS) is 15.1. The van der Waals surface area contributed by atoms with E-state index in [1.807, 2.05) is 13.0 Å². The highest BCUT2D eigenvalue weighted by Gasteiger charge is 2.24. The summed E-state index contributed by atoms with van der Waals surface area (Å²) in [6.45, 7) is 3.85. The van der Waals surface area contributed by atoms with Crippen molar-refractivity contribution in [1.29, 1.82) is 0 Å². The zero-order chi connectivity index (χ0) is 23.9. The van der Waals surface area contributed by atoms with Gasteiger partial charge in [-0.15, -0.1) is 0 Å². The van der Waals surface area contributed by atoms with Crippen molar-refractivity contribution in [3.05, 3.63) is 29.3 Å². The van der Waals surface area contributed by atoms with Crippen LogP contribution in [0.2, 0.25) is 0 Å². The Bertz CT molecular complexity index is 731. The molecule has 0 saturated heterocycles. The number of amides is 1. The maximum absolute atomic E-state index is 13.1. The molecule has 1 saturated carbocycles. The van der Waals surface area contributed by atoms with Crippen molar-refractivity contribution in [3.8, 4) is 0 Å². The van der Waals surface area contributed by atoms with Crippen molar-refractivity contribution < 1.29 is 14.4 Å². The summed E-state index contributed by atoms with van der Waals surface area (Å²) in [4.78, 5) is 37.6. The van der Waals surface area contributed by atoms with Gasteiger partial charge >= 0.3 is 0 Å². The predicted octanol–water partition coefficient (Wildman–Crippen LogP) is 5.22. The van der Waals surface area contributed by atoms with Gasteiger partial charge in [0.2, 0.25) is 0 Å². The van der Waals surface area contributed by atoms with Crippen LogP contribution in [0, 0.1) is 0 Å². The highest BCUT2D eigenvalue weighted by Crippen LogP contribution is 2.23. The fourth-order valence-corrected chi connectivity index (χ4v) is 4.65. The van der Waals surface area contributed by atoms with E-state index in [-0.39, 0.29) is 5.91 Å². The molecule has 1 unspecified atom stereocenters. The molecule has 1 aromatic rings. The average molecular weight is 458 g/mol. The number of nitrogens with zero attached hydrogens (tertiary/aromatic N) is 1. The number of carbonyl (C=O) groups is 3. The first-order valence-electron chi connectivity index (χ1n) is 12.9. The predicted molar refractivity (Wildman–Crippen MR) is 135 cm³/mol. The molecule has 0 spiro atoms. The Morgan fingerprint density at radius 2 is 1.76 bits per heavy atom. The molecule has 0 bridgehead atoms. The van der Waals surface area contributed by atoms with E-state index in [0.29, 0.717) is 29.5 Å². The van der Waals surface area contributed by atoms with Crippen LogP contribution in [0.5, 0.6) is 0 Å². The van der Waals surface area contributed by atoms with Crippen LogP contribution in [0.15, 0.2) is 18.2 Å². The van der Waals surface area contributed by atoms with Gasteiger partial charge in [-0.1, -0.05) is 64.0 Å². The van der Waals surface area contributed by atoms with Crippen molar-refractivity contribution >= 4 is 24.2 Å². The number of aldehydes is 2. The third-order valence-electron chi connectivity index (χ3n) is 6.70. The minimum absolute atomic E-state index is 0.295. The summed E-state index contributed by atoms with van der Waals surface area (Å²) in [5, 5.41) is 7.05. The fraction of sp³-hybridized carbons (Fsp3) is 0.667. The Kier molecular flexibility index (Phi) is 12.8. The molecule has 33 heavy (non-hydrogen) atoms.